The molecule has 0 aromatic heterocycles. The second kappa shape index (κ2) is 11.5. The molecule has 4 rings (SSSR count). The molecule has 0 saturated carbocycles. The van der Waals surface area contributed by atoms with Gasteiger partial charge in [-0.25, -0.2) is 4.39 Å². The predicted molar refractivity (Wildman–Crippen MR) is 139 cm³/mol. The van der Waals surface area contributed by atoms with Crippen LogP contribution in [-0.4, -0.2) is 55.4 Å². The Morgan fingerprint density at radius 3 is 1.36 bits per heavy atom. The second-order valence-electron chi connectivity index (χ2n) is 9.21. The minimum atomic E-state index is -0.761. The highest BCUT2D eigenvalue weighted by atomic mass is 19.1. The van der Waals surface area contributed by atoms with Gasteiger partial charge in [0.05, 0.1) is 46.8 Å². The average Bonchev–Trinajstić information content (AvgIpc) is 3.14. The SMILES string of the molecule is COc1cc(C[C@H]2C(=O)N(Cc3ccc(F)cc3)C(=O)[C@@H]2Cc2cc(OC)c(O)c(OC)c2)cc(OC)c1O. The van der Waals surface area contributed by atoms with E-state index in [2.05, 4.69) is 0 Å². The molecule has 1 aliphatic rings. The van der Waals surface area contributed by atoms with E-state index in [-0.39, 0.29) is 65.7 Å². The van der Waals surface area contributed by atoms with Crippen molar-refractivity contribution in [2.24, 2.45) is 11.8 Å². The van der Waals surface area contributed by atoms with Crippen LogP contribution in [0.3, 0.4) is 0 Å². The number of hydrogen-bond donors (Lipinski definition) is 2. The van der Waals surface area contributed by atoms with Crippen molar-refractivity contribution >= 4 is 11.8 Å². The fourth-order valence-corrected chi connectivity index (χ4v) is 4.88. The molecule has 3 aromatic carbocycles. The maximum absolute atomic E-state index is 13.7. The first-order chi connectivity index (χ1) is 18.7. The van der Waals surface area contributed by atoms with Crippen molar-refractivity contribution in [2.75, 3.05) is 28.4 Å². The van der Waals surface area contributed by atoms with E-state index < -0.39 is 17.7 Å². The van der Waals surface area contributed by atoms with E-state index in [4.69, 9.17) is 18.9 Å². The maximum Gasteiger partial charge on any atom is 0.233 e. The van der Waals surface area contributed by atoms with Crippen molar-refractivity contribution in [3.05, 3.63) is 71.0 Å². The number of carbonyl (C=O) groups is 2. The van der Waals surface area contributed by atoms with Gasteiger partial charge in [0.1, 0.15) is 5.82 Å². The van der Waals surface area contributed by atoms with Crippen molar-refractivity contribution in [1.29, 1.82) is 0 Å². The van der Waals surface area contributed by atoms with E-state index in [1.165, 1.54) is 57.6 Å². The van der Waals surface area contributed by atoms with Crippen molar-refractivity contribution in [2.45, 2.75) is 19.4 Å². The average molecular weight is 540 g/mol. The molecule has 2 N–H and O–H groups in total. The number of nitrogens with zero attached hydrogens (tertiary/aromatic N) is 1. The lowest BCUT2D eigenvalue weighted by Crippen LogP contribution is -2.31. The third-order valence-electron chi connectivity index (χ3n) is 6.90. The Hall–Kier alpha value is -4.47. The molecule has 39 heavy (non-hydrogen) atoms. The summed E-state index contributed by atoms with van der Waals surface area (Å²) in [6.45, 7) is -0.00458. The molecule has 0 unspecified atom stereocenters. The Bertz CT molecular complexity index is 1240. The summed E-state index contributed by atoms with van der Waals surface area (Å²) in [6, 6.07) is 12.0. The van der Waals surface area contributed by atoms with E-state index in [1.54, 1.807) is 24.3 Å². The molecule has 0 bridgehead atoms. The molecule has 2 atom stereocenters. The van der Waals surface area contributed by atoms with Crippen molar-refractivity contribution < 1.29 is 43.1 Å². The minimum absolute atomic E-state index is 0.00458. The van der Waals surface area contributed by atoms with Gasteiger partial charge in [-0.15, -0.1) is 0 Å². The summed E-state index contributed by atoms with van der Waals surface area (Å²) < 4.78 is 34.5. The molecule has 9 nitrogen and oxygen atoms in total. The summed E-state index contributed by atoms with van der Waals surface area (Å²) in [6.07, 6.45) is 0.322. The van der Waals surface area contributed by atoms with Crippen molar-refractivity contribution in [3.63, 3.8) is 0 Å². The number of likely N-dealkylation sites (tertiary alicyclic amines) is 1. The monoisotopic (exact) mass is 539 g/mol. The molecule has 1 heterocycles. The van der Waals surface area contributed by atoms with E-state index in [1.807, 2.05) is 0 Å². The number of phenols is 2. The Morgan fingerprint density at radius 1 is 0.667 bits per heavy atom. The second-order valence-corrected chi connectivity index (χ2v) is 9.21. The third kappa shape index (κ3) is 5.55. The minimum Gasteiger partial charge on any atom is -0.502 e. The van der Waals surface area contributed by atoms with E-state index >= 15 is 0 Å². The van der Waals surface area contributed by atoms with Gasteiger partial charge in [0.25, 0.3) is 0 Å². The lowest BCUT2D eigenvalue weighted by Gasteiger charge is -2.18. The van der Waals surface area contributed by atoms with Crippen LogP contribution < -0.4 is 18.9 Å². The molecule has 3 aromatic rings. The van der Waals surface area contributed by atoms with Crippen LogP contribution in [-0.2, 0) is 29.0 Å². The Morgan fingerprint density at radius 2 is 1.03 bits per heavy atom. The summed E-state index contributed by atoms with van der Waals surface area (Å²) >= 11 is 0. The van der Waals surface area contributed by atoms with Gasteiger partial charge in [0.2, 0.25) is 23.3 Å². The quantitative estimate of drug-likeness (QED) is 0.374. The Balaban J connectivity index is 1.72. The highest BCUT2D eigenvalue weighted by Gasteiger charge is 2.47. The van der Waals surface area contributed by atoms with Crippen LogP contribution in [0.15, 0.2) is 48.5 Å². The van der Waals surface area contributed by atoms with Gasteiger partial charge in [-0.2, -0.15) is 0 Å². The lowest BCUT2D eigenvalue weighted by atomic mass is 9.84. The number of aromatic hydroxyl groups is 2. The normalized spacial score (nSPS) is 16.9. The number of imide groups is 1. The highest BCUT2D eigenvalue weighted by Crippen LogP contribution is 2.42. The van der Waals surface area contributed by atoms with E-state index in [0.717, 1.165) is 0 Å². The number of halogens is 1. The largest absolute Gasteiger partial charge is 0.502 e. The fourth-order valence-electron chi connectivity index (χ4n) is 4.88. The Labute approximate surface area is 225 Å². The van der Waals surface area contributed by atoms with Crippen LogP contribution in [0.25, 0.3) is 0 Å². The predicted octanol–water partition coefficient (Wildman–Crippen LogP) is 3.86. The summed E-state index contributed by atoms with van der Waals surface area (Å²) in [5.41, 5.74) is 1.86. The first kappa shape index (κ1) is 27.6. The zero-order valence-corrected chi connectivity index (χ0v) is 22.1. The zero-order valence-electron chi connectivity index (χ0n) is 22.1. The van der Waals surface area contributed by atoms with Crippen molar-refractivity contribution in [1.82, 2.24) is 4.90 Å². The van der Waals surface area contributed by atoms with Crippen LogP contribution >= 0.6 is 0 Å². The maximum atomic E-state index is 13.7. The summed E-state index contributed by atoms with van der Waals surface area (Å²) in [5, 5.41) is 20.6. The fraction of sp³-hybridized carbons (Fsp3) is 0.310. The number of hydrogen-bond acceptors (Lipinski definition) is 8. The van der Waals surface area contributed by atoms with Gasteiger partial charge < -0.3 is 29.2 Å². The standard InChI is InChI=1S/C29H30FNO8/c1-36-22-11-17(12-23(37-2)26(22)32)9-20-21(10-18-13-24(38-3)27(33)25(14-18)39-4)29(35)31(28(20)34)15-16-5-7-19(30)8-6-16/h5-8,11-14,20-21,32-33H,9-10,15H2,1-4H3/t20-,21-/m1/s1. The first-order valence-corrected chi connectivity index (χ1v) is 12.2. The van der Waals surface area contributed by atoms with Crippen LogP contribution in [0.2, 0.25) is 0 Å². The van der Waals surface area contributed by atoms with Gasteiger partial charge in [-0.3, -0.25) is 14.5 Å². The number of rotatable bonds is 10. The summed E-state index contributed by atoms with van der Waals surface area (Å²) in [5.74, 6) is -2.34. The molecule has 10 heteroatoms. The summed E-state index contributed by atoms with van der Waals surface area (Å²) in [7, 11) is 5.62. The number of amides is 2. The van der Waals surface area contributed by atoms with Crippen LogP contribution in [0.4, 0.5) is 4.39 Å². The number of carbonyl (C=O) groups excluding carboxylic acids is 2. The first-order valence-electron chi connectivity index (χ1n) is 12.2. The topological polar surface area (TPSA) is 115 Å². The van der Waals surface area contributed by atoms with Crippen LogP contribution in [0, 0.1) is 17.7 Å². The smallest absolute Gasteiger partial charge is 0.233 e. The van der Waals surface area contributed by atoms with Gasteiger partial charge in [-0.1, -0.05) is 12.1 Å². The molecule has 1 saturated heterocycles. The molecule has 206 valence electrons. The number of phenolic OH excluding ortho intramolecular Hbond substituents is 2. The lowest BCUT2D eigenvalue weighted by molar-refractivity contribution is -0.140. The molecular formula is C29H30FNO8. The van der Waals surface area contributed by atoms with Gasteiger partial charge in [0, 0.05) is 0 Å². The molecule has 1 aliphatic heterocycles. The molecule has 0 aliphatic carbocycles. The summed E-state index contributed by atoms with van der Waals surface area (Å²) in [4.78, 5) is 28.6. The van der Waals surface area contributed by atoms with Gasteiger partial charge in [0.15, 0.2) is 23.0 Å². The number of benzene rings is 3. The van der Waals surface area contributed by atoms with Gasteiger partial charge in [-0.05, 0) is 65.9 Å². The van der Waals surface area contributed by atoms with Crippen molar-refractivity contribution in [3.8, 4) is 34.5 Å². The third-order valence-corrected chi connectivity index (χ3v) is 6.90. The molecule has 0 spiro atoms. The van der Waals surface area contributed by atoms with Crippen LogP contribution in [0.5, 0.6) is 34.5 Å². The van der Waals surface area contributed by atoms with E-state index in [0.29, 0.717) is 16.7 Å². The number of ether oxygens (including phenoxy) is 4. The number of methoxy groups -OCH3 is 4. The Kier molecular flexibility index (Phi) is 8.13. The molecule has 0 radical (unpaired) electrons. The molecule has 1 fully saturated rings. The molecule has 2 amide bonds. The van der Waals surface area contributed by atoms with E-state index in [9.17, 15) is 24.2 Å². The van der Waals surface area contributed by atoms with Gasteiger partial charge >= 0.3 is 0 Å². The highest BCUT2D eigenvalue weighted by molar-refractivity contribution is 6.05. The molecular weight excluding hydrogens is 509 g/mol. The van der Waals surface area contributed by atoms with Crippen LogP contribution in [0.1, 0.15) is 16.7 Å². The zero-order chi connectivity index (χ0) is 28.3.